The molecule has 0 aliphatic rings. The highest BCUT2D eigenvalue weighted by atomic mass is 79.9. The van der Waals surface area contributed by atoms with E-state index in [2.05, 4.69) is 21.2 Å². The smallest absolute Gasteiger partial charge is 0.399 e. The minimum atomic E-state index is -4.46. The van der Waals surface area contributed by atoms with Crippen LogP contribution >= 0.6 is 15.9 Å². The van der Waals surface area contributed by atoms with Crippen LogP contribution in [0.25, 0.3) is 0 Å². The molecular formula is C14H10BrF3N2O. The molecule has 21 heavy (non-hydrogen) atoms. The van der Waals surface area contributed by atoms with E-state index in [9.17, 15) is 18.0 Å². The summed E-state index contributed by atoms with van der Waals surface area (Å²) in [5.74, 6) is -0.540. The van der Waals surface area contributed by atoms with Crippen LogP contribution in [0.3, 0.4) is 0 Å². The highest BCUT2D eigenvalue weighted by molar-refractivity contribution is 9.10. The summed E-state index contributed by atoms with van der Waals surface area (Å²) in [4.78, 5) is 12.0. The first-order valence-corrected chi connectivity index (χ1v) is 6.60. The van der Waals surface area contributed by atoms with Crippen LogP contribution in [-0.4, -0.2) is 5.91 Å². The molecule has 0 saturated heterocycles. The number of hydrogen-bond acceptors (Lipinski definition) is 2. The number of amides is 1. The number of carbonyl (C=O) groups is 1. The first-order chi connectivity index (χ1) is 9.75. The van der Waals surface area contributed by atoms with Gasteiger partial charge in [-0.2, -0.15) is 13.2 Å². The van der Waals surface area contributed by atoms with Crippen LogP contribution in [0, 0.1) is 0 Å². The molecule has 1 amide bonds. The lowest BCUT2D eigenvalue weighted by Crippen LogP contribution is -2.13. The average molecular weight is 359 g/mol. The highest BCUT2D eigenvalue weighted by Crippen LogP contribution is 2.30. The van der Waals surface area contributed by atoms with E-state index in [4.69, 9.17) is 5.73 Å². The maximum Gasteiger partial charge on any atom is 0.416 e. The average Bonchev–Trinajstić information content (AvgIpc) is 2.37. The Balaban J connectivity index is 2.23. The number of nitrogens with one attached hydrogen (secondary N) is 1. The minimum absolute atomic E-state index is 0.0633. The van der Waals surface area contributed by atoms with E-state index in [1.54, 1.807) is 6.07 Å². The van der Waals surface area contributed by atoms with Gasteiger partial charge in [0, 0.05) is 21.4 Å². The van der Waals surface area contributed by atoms with Gasteiger partial charge in [-0.15, -0.1) is 0 Å². The van der Waals surface area contributed by atoms with E-state index < -0.39 is 17.6 Å². The maximum absolute atomic E-state index is 12.6. The lowest BCUT2D eigenvalue weighted by atomic mass is 10.1. The van der Waals surface area contributed by atoms with Gasteiger partial charge in [0.15, 0.2) is 0 Å². The molecule has 0 spiro atoms. The van der Waals surface area contributed by atoms with E-state index in [1.165, 1.54) is 24.3 Å². The molecule has 2 aromatic rings. The van der Waals surface area contributed by atoms with E-state index in [1.807, 2.05) is 0 Å². The summed E-state index contributed by atoms with van der Waals surface area (Å²) in [6.45, 7) is 0. The van der Waals surface area contributed by atoms with Gasteiger partial charge in [-0.3, -0.25) is 4.79 Å². The first kappa shape index (κ1) is 15.4. The largest absolute Gasteiger partial charge is 0.416 e. The van der Waals surface area contributed by atoms with Crippen molar-refractivity contribution < 1.29 is 18.0 Å². The number of nitrogens with two attached hydrogens (primary N) is 1. The third-order valence-electron chi connectivity index (χ3n) is 2.63. The molecule has 0 unspecified atom stereocenters. The molecule has 7 heteroatoms. The Hall–Kier alpha value is -2.02. The maximum atomic E-state index is 12.6. The molecule has 0 heterocycles. The van der Waals surface area contributed by atoms with Crippen molar-refractivity contribution in [3.8, 4) is 0 Å². The summed E-state index contributed by atoms with van der Waals surface area (Å²) in [7, 11) is 0. The molecule has 0 bridgehead atoms. The molecular weight excluding hydrogens is 349 g/mol. The zero-order chi connectivity index (χ0) is 15.6. The molecule has 2 aromatic carbocycles. The Morgan fingerprint density at radius 1 is 1.14 bits per heavy atom. The van der Waals surface area contributed by atoms with Gasteiger partial charge < -0.3 is 11.1 Å². The Bertz CT molecular complexity index is 666. The second-order valence-corrected chi connectivity index (χ2v) is 5.22. The molecule has 3 N–H and O–H groups in total. The lowest BCUT2D eigenvalue weighted by Gasteiger charge is -2.10. The molecule has 0 saturated carbocycles. The molecule has 0 aromatic heterocycles. The number of rotatable bonds is 2. The minimum Gasteiger partial charge on any atom is -0.399 e. The van der Waals surface area contributed by atoms with Crippen LogP contribution < -0.4 is 11.1 Å². The van der Waals surface area contributed by atoms with Gasteiger partial charge in [0.05, 0.1) is 5.56 Å². The van der Waals surface area contributed by atoms with Crippen LogP contribution in [0.4, 0.5) is 24.5 Å². The Kier molecular flexibility index (Phi) is 4.22. The van der Waals surface area contributed by atoms with Crippen molar-refractivity contribution in [3.05, 3.63) is 58.1 Å². The van der Waals surface area contributed by atoms with E-state index in [0.717, 1.165) is 12.1 Å². The predicted octanol–water partition coefficient (Wildman–Crippen LogP) is 4.30. The summed E-state index contributed by atoms with van der Waals surface area (Å²) >= 11 is 3.20. The van der Waals surface area contributed by atoms with Gasteiger partial charge in [-0.1, -0.05) is 22.0 Å². The molecule has 0 aliphatic carbocycles. The van der Waals surface area contributed by atoms with Crippen molar-refractivity contribution in [2.45, 2.75) is 6.18 Å². The van der Waals surface area contributed by atoms with E-state index in [0.29, 0.717) is 10.2 Å². The number of halogens is 4. The van der Waals surface area contributed by atoms with Gasteiger partial charge in [0.2, 0.25) is 0 Å². The van der Waals surface area contributed by atoms with Crippen molar-refractivity contribution in [2.24, 2.45) is 0 Å². The summed E-state index contributed by atoms with van der Waals surface area (Å²) in [6, 6.07) is 9.00. The third-order valence-corrected chi connectivity index (χ3v) is 3.09. The first-order valence-electron chi connectivity index (χ1n) is 5.80. The number of anilines is 2. The molecule has 0 fully saturated rings. The summed E-state index contributed by atoms with van der Waals surface area (Å²) < 4.78 is 38.4. The fourth-order valence-electron chi connectivity index (χ4n) is 1.72. The summed E-state index contributed by atoms with van der Waals surface area (Å²) in [5.41, 5.74) is 5.47. The second kappa shape index (κ2) is 5.77. The van der Waals surface area contributed by atoms with Crippen LogP contribution in [-0.2, 0) is 6.18 Å². The van der Waals surface area contributed by atoms with Gasteiger partial charge in [0.25, 0.3) is 5.91 Å². The number of hydrogen-bond donors (Lipinski definition) is 2. The zero-order valence-corrected chi connectivity index (χ0v) is 12.1. The monoisotopic (exact) mass is 358 g/mol. The van der Waals surface area contributed by atoms with Gasteiger partial charge in [-0.25, -0.2) is 0 Å². The number of benzene rings is 2. The standard InChI is InChI=1S/C14H10BrF3N2O/c15-10-4-8(5-11(19)7-10)13(21)20-12-3-1-2-9(6-12)14(16,17)18/h1-7H,19H2,(H,20,21). The number of alkyl halides is 3. The molecule has 110 valence electrons. The van der Waals surface area contributed by atoms with E-state index in [-0.39, 0.29) is 11.3 Å². The van der Waals surface area contributed by atoms with Gasteiger partial charge in [0.1, 0.15) is 0 Å². The third kappa shape index (κ3) is 3.98. The topological polar surface area (TPSA) is 55.1 Å². The van der Waals surface area contributed by atoms with Crippen molar-refractivity contribution in [1.29, 1.82) is 0 Å². The van der Waals surface area contributed by atoms with Gasteiger partial charge >= 0.3 is 6.18 Å². The Morgan fingerprint density at radius 3 is 2.48 bits per heavy atom. The molecule has 0 aliphatic heterocycles. The predicted molar refractivity (Wildman–Crippen MR) is 78.0 cm³/mol. The van der Waals surface area contributed by atoms with Crippen LogP contribution in [0.2, 0.25) is 0 Å². The zero-order valence-electron chi connectivity index (χ0n) is 10.5. The quantitative estimate of drug-likeness (QED) is 0.786. The van der Waals surface area contributed by atoms with Crippen molar-refractivity contribution >= 4 is 33.2 Å². The lowest BCUT2D eigenvalue weighted by molar-refractivity contribution is -0.137. The summed E-state index contributed by atoms with van der Waals surface area (Å²) in [6.07, 6.45) is -4.46. The fraction of sp³-hybridized carbons (Fsp3) is 0.0714. The second-order valence-electron chi connectivity index (χ2n) is 4.31. The Labute approximate surface area is 127 Å². The van der Waals surface area contributed by atoms with Crippen LogP contribution in [0.15, 0.2) is 46.9 Å². The number of carbonyl (C=O) groups excluding carboxylic acids is 1. The van der Waals surface area contributed by atoms with Crippen LogP contribution in [0.5, 0.6) is 0 Å². The molecule has 3 nitrogen and oxygen atoms in total. The summed E-state index contributed by atoms with van der Waals surface area (Å²) in [5, 5.41) is 2.41. The number of nitrogen functional groups attached to an aromatic ring is 1. The van der Waals surface area contributed by atoms with Crippen LogP contribution in [0.1, 0.15) is 15.9 Å². The molecule has 0 atom stereocenters. The van der Waals surface area contributed by atoms with Crippen molar-refractivity contribution in [1.82, 2.24) is 0 Å². The van der Waals surface area contributed by atoms with Crippen molar-refractivity contribution in [3.63, 3.8) is 0 Å². The normalized spacial score (nSPS) is 11.2. The van der Waals surface area contributed by atoms with E-state index >= 15 is 0 Å². The highest BCUT2D eigenvalue weighted by Gasteiger charge is 2.30. The van der Waals surface area contributed by atoms with Crippen molar-refractivity contribution in [2.75, 3.05) is 11.1 Å². The molecule has 2 rings (SSSR count). The fourth-order valence-corrected chi connectivity index (χ4v) is 2.23. The Morgan fingerprint density at radius 2 is 1.86 bits per heavy atom. The van der Waals surface area contributed by atoms with Gasteiger partial charge in [-0.05, 0) is 36.4 Å². The molecule has 0 radical (unpaired) electrons. The SMILES string of the molecule is Nc1cc(Br)cc(C(=O)Nc2cccc(C(F)(F)F)c2)c1.